The molecule has 1 aromatic heterocycles. The van der Waals surface area contributed by atoms with Gasteiger partial charge in [-0.3, -0.25) is 9.48 Å². The monoisotopic (exact) mass is 573 g/mol. The lowest BCUT2D eigenvalue weighted by Gasteiger charge is -2.36. The molecule has 3 heterocycles. The lowest BCUT2D eigenvalue weighted by atomic mass is 9.97. The molecule has 0 spiro atoms. The van der Waals surface area contributed by atoms with Crippen molar-refractivity contribution in [2.24, 2.45) is 0 Å². The van der Waals surface area contributed by atoms with Crippen LogP contribution in [0.25, 0.3) is 0 Å². The first-order valence-electron chi connectivity index (χ1n) is 14.9. The smallest absolute Gasteiger partial charge is 0.394 e. The Balaban J connectivity index is 1.18. The van der Waals surface area contributed by atoms with Gasteiger partial charge in [0.25, 0.3) is 5.91 Å². The second-order valence-corrected chi connectivity index (χ2v) is 12.2. The maximum Gasteiger partial charge on any atom is 0.416 e. The molecule has 4 fully saturated rings. The zero-order chi connectivity index (χ0) is 28.8. The van der Waals surface area contributed by atoms with Crippen LogP contribution in [-0.4, -0.2) is 68.4 Å². The molecule has 41 heavy (non-hydrogen) atoms. The highest BCUT2D eigenvalue weighted by Crippen LogP contribution is 2.45. The number of amides is 3. The molecule has 4 aliphatic rings. The van der Waals surface area contributed by atoms with Crippen molar-refractivity contribution in [1.82, 2.24) is 24.9 Å². The molecule has 222 valence electrons. The van der Waals surface area contributed by atoms with Crippen LogP contribution in [0.4, 0.5) is 18.0 Å². The van der Waals surface area contributed by atoms with Crippen LogP contribution in [0.3, 0.4) is 0 Å². The van der Waals surface area contributed by atoms with Crippen molar-refractivity contribution in [3.63, 3.8) is 0 Å². The van der Waals surface area contributed by atoms with E-state index in [2.05, 4.69) is 10.4 Å². The number of alkyl halides is 3. The zero-order valence-corrected chi connectivity index (χ0v) is 23.2. The third-order valence-corrected chi connectivity index (χ3v) is 9.50. The number of likely N-dealkylation sites (tertiary alicyclic amines) is 2. The number of carbonyl (C=O) groups is 2. The average Bonchev–Trinajstić information content (AvgIpc) is 3.34. The maximum atomic E-state index is 13.9. The largest absolute Gasteiger partial charge is 0.416 e. The standard InChI is InChI=1S/C30H38F3N5O3/c31-30(32,33)24-7-2-1-6-22(24)25-8-5-15-37(25)27(40)23-18-34-38(26(23)20-9-10-20)21-11-16-36(17-12-21)28(41)35-29(19-39)13-3-4-14-29/h1-2,6-7,18,20-21,25,39H,3-5,8-17,19H2,(H,35,41). The van der Waals surface area contributed by atoms with Crippen LogP contribution in [-0.2, 0) is 6.18 Å². The maximum absolute atomic E-state index is 13.9. The average molecular weight is 574 g/mol. The summed E-state index contributed by atoms with van der Waals surface area (Å²) >= 11 is 0. The van der Waals surface area contributed by atoms with Crippen molar-refractivity contribution in [3.05, 3.63) is 52.8 Å². The molecule has 0 radical (unpaired) electrons. The van der Waals surface area contributed by atoms with E-state index in [1.807, 2.05) is 4.68 Å². The van der Waals surface area contributed by atoms with E-state index in [4.69, 9.17) is 0 Å². The van der Waals surface area contributed by atoms with Gasteiger partial charge in [-0.15, -0.1) is 0 Å². The summed E-state index contributed by atoms with van der Waals surface area (Å²) in [7, 11) is 0. The Hall–Kier alpha value is -3.08. The Bertz CT molecular complexity index is 1280. The molecular formula is C30H38F3N5O3. The fourth-order valence-electron chi connectivity index (χ4n) is 7.12. The van der Waals surface area contributed by atoms with Crippen molar-refractivity contribution in [2.45, 2.75) is 93.9 Å². The first-order chi connectivity index (χ1) is 19.7. The normalized spacial score (nSPS) is 23.3. The number of nitrogens with zero attached hydrogens (tertiary/aromatic N) is 4. The fourth-order valence-corrected chi connectivity index (χ4v) is 7.12. The van der Waals surface area contributed by atoms with E-state index in [1.54, 1.807) is 22.1 Å². The Kier molecular flexibility index (Phi) is 7.50. The number of nitrogens with one attached hydrogen (secondary N) is 1. The van der Waals surface area contributed by atoms with Crippen LogP contribution in [0, 0.1) is 0 Å². The molecule has 0 bridgehead atoms. The van der Waals surface area contributed by atoms with Gasteiger partial charge >= 0.3 is 12.2 Å². The van der Waals surface area contributed by atoms with E-state index in [0.29, 0.717) is 50.9 Å². The van der Waals surface area contributed by atoms with Gasteiger partial charge in [0.15, 0.2) is 0 Å². The fraction of sp³-hybridized carbons (Fsp3) is 0.633. The van der Waals surface area contributed by atoms with Gasteiger partial charge in [0.05, 0.1) is 47.2 Å². The number of aromatic nitrogens is 2. The summed E-state index contributed by atoms with van der Waals surface area (Å²) in [6.45, 7) is 1.46. The number of carbonyl (C=O) groups excluding carboxylic acids is 2. The van der Waals surface area contributed by atoms with Gasteiger partial charge in [0.2, 0.25) is 0 Å². The highest BCUT2D eigenvalue weighted by molar-refractivity contribution is 5.96. The topological polar surface area (TPSA) is 90.7 Å². The first-order valence-corrected chi connectivity index (χ1v) is 14.9. The summed E-state index contributed by atoms with van der Waals surface area (Å²) in [5.41, 5.74) is 0.333. The van der Waals surface area contributed by atoms with Gasteiger partial charge in [-0.05, 0) is 63.0 Å². The highest BCUT2D eigenvalue weighted by atomic mass is 19.4. The third-order valence-electron chi connectivity index (χ3n) is 9.50. The summed E-state index contributed by atoms with van der Waals surface area (Å²) in [6.07, 6.45) is 5.14. The van der Waals surface area contributed by atoms with Gasteiger partial charge in [0.1, 0.15) is 0 Å². The molecule has 8 nitrogen and oxygen atoms in total. The number of hydrogen-bond acceptors (Lipinski definition) is 4. The third kappa shape index (κ3) is 5.45. The van der Waals surface area contributed by atoms with Crippen molar-refractivity contribution < 1.29 is 27.9 Å². The van der Waals surface area contributed by atoms with Gasteiger partial charge in [-0.2, -0.15) is 18.3 Å². The number of piperidine rings is 1. The molecule has 3 amide bonds. The van der Waals surface area contributed by atoms with Gasteiger partial charge in [-0.25, -0.2) is 4.79 Å². The molecule has 1 atom stereocenters. The SMILES string of the molecule is O=C(NC1(CO)CCCC1)N1CCC(n2ncc(C(=O)N3CCCC3c3ccccc3C(F)(F)F)c2C2CC2)CC1. The van der Waals surface area contributed by atoms with Gasteiger partial charge < -0.3 is 20.2 Å². The summed E-state index contributed by atoms with van der Waals surface area (Å²) in [5.74, 6) is -0.0339. The quantitative estimate of drug-likeness (QED) is 0.484. The molecule has 2 saturated heterocycles. The van der Waals surface area contributed by atoms with Crippen molar-refractivity contribution in [2.75, 3.05) is 26.2 Å². The number of hydrogen-bond donors (Lipinski definition) is 2. The van der Waals surface area contributed by atoms with Crippen LogP contribution in [0.15, 0.2) is 30.5 Å². The number of rotatable bonds is 6. The first kappa shape index (κ1) is 28.1. The van der Waals surface area contributed by atoms with Crippen molar-refractivity contribution >= 4 is 11.9 Å². The predicted molar refractivity (Wildman–Crippen MR) is 145 cm³/mol. The highest BCUT2D eigenvalue weighted by Gasteiger charge is 2.42. The van der Waals surface area contributed by atoms with Crippen LogP contribution in [0.5, 0.6) is 0 Å². The van der Waals surface area contributed by atoms with E-state index in [1.165, 1.54) is 12.1 Å². The molecule has 2 N–H and O–H groups in total. The lowest BCUT2D eigenvalue weighted by Crippen LogP contribution is -2.55. The van der Waals surface area contributed by atoms with Gasteiger partial charge in [-0.1, -0.05) is 31.0 Å². The minimum atomic E-state index is -4.49. The molecule has 2 saturated carbocycles. The van der Waals surface area contributed by atoms with E-state index < -0.39 is 23.3 Å². The molecule has 11 heteroatoms. The summed E-state index contributed by atoms with van der Waals surface area (Å²) < 4.78 is 43.4. The molecule has 2 aromatic rings. The molecule has 1 unspecified atom stereocenters. The zero-order valence-electron chi connectivity index (χ0n) is 23.2. The van der Waals surface area contributed by atoms with Crippen LogP contribution < -0.4 is 5.32 Å². The molecule has 2 aliphatic heterocycles. The number of aliphatic hydroxyl groups excluding tert-OH is 1. The molecule has 6 rings (SSSR count). The number of urea groups is 1. The minimum Gasteiger partial charge on any atom is -0.394 e. The van der Waals surface area contributed by atoms with E-state index in [-0.39, 0.29) is 36.1 Å². The number of benzene rings is 1. The van der Waals surface area contributed by atoms with E-state index in [9.17, 15) is 27.9 Å². The summed E-state index contributed by atoms with van der Waals surface area (Å²) in [6, 6.07) is 4.84. The van der Waals surface area contributed by atoms with Crippen LogP contribution in [0.1, 0.15) is 109 Å². The van der Waals surface area contributed by atoms with Crippen molar-refractivity contribution in [1.29, 1.82) is 0 Å². The lowest BCUT2D eigenvalue weighted by molar-refractivity contribution is -0.138. The summed E-state index contributed by atoms with van der Waals surface area (Å²) in [4.78, 5) is 30.3. The molecule has 1 aromatic carbocycles. The second-order valence-electron chi connectivity index (χ2n) is 12.2. The minimum absolute atomic E-state index is 0.0369. The molecular weight excluding hydrogens is 535 g/mol. The molecule has 2 aliphatic carbocycles. The van der Waals surface area contributed by atoms with Crippen LogP contribution in [0.2, 0.25) is 0 Å². The van der Waals surface area contributed by atoms with Gasteiger partial charge in [0, 0.05) is 25.6 Å². The summed E-state index contributed by atoms with van der Waals surface area (Å²) in [5, 5.41) is 17.6. The Morgan fingerprint density at radius 2 is 1.71 bits per heavy atom. The van der Waals surface area contributed by atoms with Crippen molar-refractivity contribution in [3.8, 4) is 0 Å². The Morgan fingerprint density at radius 3 is 2.37 bits per heavy atom. The van der Waals surface area contributed by atoms with E-state index >= 15 is 0 Å². The number of aliphatic hydroxyl groups is 1. The van der Waals surface area contributed by atoms with Crippen LogP contribution >= 0.6 is 0 Å². The Morgan fingerprint density at radius 1 is 1.00 bits per heavy atom. The second kappa shape index (κ2) is 11.0. The van der Waals surface area contributed by atoms with E-state index in [0.717, 1.165) is 50.3 Å². The predicted octanol–water partition coefficient (Wildman–Crippen LogP) is 5.41. The number of halogens is 3. The Labute approximate surface area is 237 Å².